The molecule has 0 aliphatic carbocycles. The molecule has 0 aliphatic rings. The van der Waals surface area contributed by atoms with Gasteiger partial charge in [-0.25, -0.2) is 4.79 Å². The molecule has 0 saturated heterocycles. The predicted molar refractivity (Wildman–Crippen MR) is 92.7 cm³/mol. The highest BCUT2D eigenvalue weighted by Gasteiger charge is 2.14. The maximum atomic E-state index is 12.1. The van der Waals surface area contributed by atoms with E-state index in [1.807, 2.05) is 24.3 Å². The van der Waals surface area contributed by atoms with Crippen LogP contribution < -0.4 is 14.8 Å². The summed E-state index contributed by atoms with van der Waals surface area (Å²) in [4.78, 5) is 23.5. The second-order valence-electron chi connectivity index (χ2n) is 5.34. The normalized spacial score (nSPS) is 11.3. The van der Waals surface area contributed by atoms with Crippen molar-refractivity contribution in [2.45, 2.75) is 19.6 Å². The second kappa shape index (κ2) is 8.73. The second-order valence-corrected chi connectivity index (χ2v) is 5.34. The van der Waals surface area contributed by atoms with E-state index < -0.39 is 12.1 Å². The highest BCUT2D eigenvalue weighted by atomic mass is 16.5. The standard InChI is InChI=1S/C19H21NO5/c1-13(25-17-10-6-15(7-11-17)19(22)24-3)18(21)20-12-14-4-8-16(23-2)9-5-14/h4-11,13H,12H2,1-3H3,(H,20,21)/t13-/m1/s1. The van der Waals surface area contributed by atoms with Gasteiger partial charge in [0, 0.05) is 6.54 Å². The van der Waals surface area contributed by atoms with Crippen LogP contribution in [0.1, 0.15) is 22.8 Å². The number of esters is 1. The maximum absolute atomic E-state index is 12.1. The SMILES string of the molecule is COC(=O)c1ccc(O[C@H](C)C(=O)NCc2ccc(OC)cc2)cc1. The first-order valence-electron chi connectivity index (χ1n) is 7.79. The molecule has 1 N–H and O–H groups in total. The van der Waals surface area contributed by atoms with Gasteiger partial charge < -0.3 is 19.5 Å². The fourth-order valence-corrected chi connectivity index (χ4v) is 2.12. The number of benzene rings is 2. The van der Waals surface area contributed by atoms with Gasteiger partial charge in [0.2, 0.25) is 0 Å². The van der Waals surface area contributed by atoms with Gasteiger partial charge in [-0.3, -0.25) is 4.79 Å². The van der Waals surface area contributed by atoms with Crippen molar-refractivity contribution in [2.24, 2.45) is 0 Å². The molecule has 0 spiro atoms. The molecule has 1 amide bonds. The van der Waals surface area contributed by atoms with Crippen molar-refractivity contribution in [2.75, 3.05) is 14.2 Å². The zero-order chi connectivity index (χ0) is 18.2. The lowest BCUT2D eigenvalue weighted by atomic mass is 10.2. The van der Waals surface area contributed by atoms with E-state index in [4.69, 9.17) is 9.47 Å². The van der Waals surface area contributed by atoms with Gasteiger partial charge in [0.1, 0.15) is 11.5 Å². The van der Waals surface area contributed by atoms with Crippen LogP contribution in [-0.2, 0) is 16.1 Å². The highest BCUT2D eigenvalue weighted by molar-refractivity contribution is 5.89. The first kappa shape index (κ1) is 18.3. The quantitative estimate of drug-likeness (QED) is 0.782. The van der Waals surface area contributed by atoms with Crippen LogP contribution in [0.15, 0.2) is 48.5 Å². The average molecular weight is 343 g/mol. The molecular weight excluding hydrogens is 322 g/mol. The number of nitrogens with one attached hydrogen (secondary N) is 1. The Morgan fingerprint density at radius 2 is 1.56 bits per heavy atom. The fourth-order valence-electron chi connectivity index (χ4n) is 2.12. The zero-order valence-corrected chi connectivity index (χ0v) is 14.4. The minimum atomic E-state index is -0.665. The predicted octanol–water partition coefficient (Wildman–Crippen LogP) is 2.57. The van der Waals surface area contributed by atoms with Gasteiger partial charge in [-0.1, -0.05) is 12.1 Å². The number of methoxy groups -OCH3 is 2. The van der Waals surface area contributed by atoms with Gasteiger partial charge in [0.25, 0.3) is 5.91 Å². The molecule has 2 aromatic carbocycles. The van der Waals surface area contributed by atoms with Crippen LogP contribution in [0.3, 0.4) is 0 Å². The van der Waals surface area contributed by atoms with Gasteiger partial charge in [0.05, 0.1) is 19.8 Å². The Hall–Kier alpha value is -3.02. The number of hydrogen-bond donors (Lipinski definition) is 1. The summed E-state index contributed by atoms with van der Waals surface area (Å²) in [5.74, 6) is 0.617. The first-order chi connectivity index (χ1) is 12.0. The summed E-state index contributed by atoms with van der Waals surface area (Å²) in [5, 5.41) is 2.82. The third kappa shape index (κ3) is 5.24. The topological polar surface area (TPSA) is 73.9 Å². The van der Waals surface area contributed by atoms with Crippen molar-refractivity contribution in [1.29, 1.82) is 0 Å². The Morgan fingerprint density at radius 3 is 2.12 bits per heavy atom. The van der Waals surface area contributed by atoms with E-state index in [-0.39, 0.29) is 5.91 Å². The first-order valence-corrected chi connectivity index (χ1v) is 7.79. The fraction of sp³-hybridized carbons (Fsp3) is 0.263. The van der Waals surface area contributed by atoms with Crippen LogP contribution >= 0.6 is 0 Å². The number of amides is 1. The van der Waals surface area contributed by atoms with E-state index in [0.717, 1.165) is 11.3 Å². The highest BCUT2D eigenvalue weighted by Crippen LogP contribution is 2.15. The molecule has 0 unspecified atom stereocenters. The van der Waals surface area contributed by atoms with E-state index >= 15 is 0 Å². The number of carbonyl (C=O) groups is 2. The van der Waals surface area contributed by atoms with E-state index in [1.54, 1.807) is 38.3 Å². The molecule has 6 nitrogen and oxygen atoms in total. The number of ether oxygens (including phenoxy) is 3. The monoisotopic (exact) mass is 343 g/mol. The Kier molecular flexibility index (Phi) is 6.39. The van der Waals surface area contributed by atoms with Crippen molar-refractivity contribution in [1.82, 2.24) is 5.32 Å². The van der Waals surface area contributed by atoms with E-state index in [9.17, 15) is 9.59 Å². The van der Waals surface area contributed by atoms with E-state index in [2.05, 4.69) is 10.1 Å². The van der Waals surface area contributed by atoms with E-state index in [0.29, 0.717) is 17.9 Å². The van der Waals surface area contributed by atoms with Gasteiger partial charge in [-0.15, -0.1) is 0 Å². The minimum Gasteiger partial charge on any atom is -0.497 e. The lowest BCUT2D eigenvalue weighted by molar-refractivity contribution is -0.127. The maximum Gasteiger partial charge on any atom is 0.337 e. The number of carbonyl (C=O) groups excluding carboxylic acids is 2. The summed E-state index contributed by atoms with van der Waals surface area (Å²) in [6.07, 6.45) is -0.665. The Balaban J connectivity index is 1.85. The van der Waals surface area contributed by atoms with Crippen LogP contribution in [0.25, 0.3) is 0 Å². The summed E-state index contributed by atoms with van der Waals surface area (Å²) in [7, 11) is 2.93. The molecule has 0 saturated carbocycles. The van der Waals surface area contributed by atoms with Crippen molar-refractivity contribution >= 4 is 11.9 Å². The summed E-state index contributed by atoms with van der Waals surface area (Å²) >= 11 is 0. The molecule has 132 valence electrons. The Labute approximate surface area is 146 Å². The lowest BCUT2D eigenvalue weighted by Crippen LogP contribution is -2.35. The van der Waals surface area contributed by atoms with Crippen LogP contribution in [-0.4, -0.2) is 32.2 Å². The molecule has 0 aliphatic heterocycles. The molecule has 1 atom stereocenters. The van der Waals surface area contributed by atoms with Crippen molar-refractivity contribution in [3.8, 4) is 11.5 Å². The molecule has 6 heteroatoms. The molecule has 25 heavy (non-hydrogen) atoms. The Bertz CT molecular complexity index is 710. The number of rotatable bonds is 7. The van der Waals surface area contributed by atoms with E-state index in [1.165, 1.54) is 7.11 Å². The summed E-state index contributed by atoms with van der Waals surface area (Å²) in [6.45, 7) is 2.06. The largest absolute Gasteiger partial charge is 0.497 e. The minimum absolute atomic E-state index is 0.229. The molecule has 0 radical (unpaired) electrons. The molecule has 0 heterocycles. The van der Waals surface area contributed by atoms with Gasteiger partial charge >= 0.3 is 5.97 Å². The third-order valence-corrected chi connectivity index (χ3v) is 3.58. The van der Waals surface area contributed by atoms with Gasteiger partial charge in [-0.2, -0.15) is 0 Å². The lowest BCUT2D eigenvalue weighted by Gasteiger charge is -2.15. The smallest absolute Gasteiger partial charge is 0.337 e. The van der Waals surface area contributed by atoms with Crippen molar-refractivity contribution < 1.29 is 23.8 Å². The molecule has 0 aromatic heterocycles. The third-order valence-electron chi connectivity index (χ3n) is 3.58. The molecule has 0 bridgehead atoms. The van der Waals surface area contributed by atoms with Crippen LogP contribution in [0.2, 0.25) is 0 Å². The molecule has 2 rings (SSSR count). The van der Waals surface area contributed by atoms with Gasteiger partial charge in [-0.05, 0) is 48.9 Å². The summed E-state index contributed by atoms with van der Waals surface area (Å²) in [5.41, 5.74) is 1.38. The van der Waals surface area contributed by atoms with Crippen LogP contribution in [0.5, 0.6) is 11.5 Å². The molecule has 2 aromatic rings. The Morgan fingerprint density at radius 1 is 0.960 bits per heavy atom. The van der Waals surface area contributed by atoms with Crippen molar-refractivity contribution in [3.05, 3.63) is 59.7 Å². The molecule has 0 fully saturated rings. The average Bonchev–Trinajstić information content (AvgIpc) is 2.66. The van der Waals surface area contributed by atoms with Gasteiger partial charge in [0.15, 0.2) is 6.10 Å². The summed E-state index contributed by atoms with van der Waals surface area (Å²) in [6, 6.07) is 13.9. The zero-order valence-electron chi connectivity index (χ0n) is 14.4. The van der Waals surface area contributed by atoms with Crippen LogP contribution in [0, 0.1) is 0 Å². The summed E-state index contributed by atoms with van der Waals surface area (Å²) < 4.78 is 15.3. The molecular formula is C19H21NO5. The van der Waals surface area contributed by atoms with Crippen molar-refractivity contribution in [3.63, 3.8) is 0 Å². The van der Waals surface area contributed by atoms with Crippen LogP contribution in [0.4, 0.5) is 0 Å². The number of hydrogen-bond acceptors (Lipinski definition) is 5.